The third kappa shape index (κ3) is 2.51. The van der Waals surface area contributed by atoms with Crippen LogP contribution in [-0.4, -0.2) is 22.8 Å². The van der Waals surface area contributed by atoms with Gasteiger partial charge in [0, 0.05) is 6.61 Å². The van der Waals surface area contributed by atoms with Crippen LogP contribution >= 0.6 is 0 Å². The molecule has 0 aromatic carbocycles. The first kappa shape index (κ1) is 12.5. The largest absolute Gasteiger partial charge is 0.481 e. The predicted octanol–water partition coefficient (Wildman–Crippen LogP) is 2.43. The Kier molecular flexibility index (Phi) is 4.58. The Bertz CT molecular complexity index is 215. The number of carbonyl (C=O) groups is 1. The smallest absolute Gasteiger partial charge is 0.309 e. The SMILES string of the molecule is CCC1(C(=O)O)CCCCCC1CCO. The van der Waals surface area contributed by atoms with Gasteiger partial charge in [0.2, 0.25) is 0 Å². The summed E-state index contributed by atoms with van der Waals surface area (Å²) in [5.74, 6) is -0.502. The van der Waals surface area contributed by atoms with Gasteiger partial charge in [0.15, 0.2) is 0 Å². The second-order valence-corrected chi connectivity index (χ2v) is 4.62. The molecule has 1 saturated carbocycles. The molecule has 0 saturated heterocycles. The minimum atomic E-state index is -0.662. The number of carboxylic acid groups (broad SMARTS) is 1. The molecule has 0 bridgehead atoms. The van der Waals surface area contributed by atoms with E-state index in [2.05, 4.69) is 0 Å². The molecule has 0 amide bonds. The molecule has 1 aliphatic rings. The summed E-state index contributed by atoms with van der Waals surface area (Å²) < 4.78 is 0. The average Bonchev–Trinajstić information content (AvgIpc) is 2.41. The van der Waals surface area contributed by atoms with Gasteiger partial charge in [-0.2, -0.15) is 0 Å². The fraction of sp³-hybridized carbons (Fsp3) is 0.917. The first-order valence-corrected chi connectivity index (χ1v) is 6.01. The van der Waals surface area contributed by atoms with Crippen LogP contribution in [0.4, 0.5) is 0 Å². The summed E-state index contributed by atoms with van der Waals surface area (Å²) in [6.07, 6.45) is 6.33. The second-order valence-electron chi connectivity index (χ2n) is 4.62. The molecule has 0 aromatic rings. The van der Waals surface area contributed by atoms with Crippen LogP contribution in [0.15, 0.2) is 0 Å². The molecule has 0 heterocycles. The summed E-state index contributed by atoms with van der Waals surface area (Å²) in [6, 6.07) is 0. The van der Waals surface area contributed by atoms with Gasteiger partial charge in [-0.1, -0.05) is 26.2 Å². The molecule has 88 valence electrons. The van der Waals surface area contributed by atoms with Crippen molar-refractivity contribution in [1.82, 2.24) is 0 Å². The first-order valence-electron chi connectivity index (χ1n) is 6.01. The van der Waals surface area contributed by atoms with Gasteiger partial charge in [-0.15, -0.1) is 0 Å². The summed E-state index contributed by atoms with van der Waals surface area (Å²) >= 11 is 0. The topological polar surface area (TPSA) is 57.5 Å². The molecule has 0 radical (unpaired) electrons. The molecule has 0 aliphatic heterocycles. The summed E-state index contributed by atoms with van der Waals surface area (Å²) in [5.41, 5.74) is -0.570. The van der Waals surface area contributed by atoms with Gasteiger partial charge in [0.25, 0.3) is 0 Å². The zero-order valence-corrected chi connectivity index (χ0v) is 9.54. The fourth-order valence-electron chi connectivity index (χ4n) is 2.96. The summed E-state index contributed by atoms with van der Waals surface area (Å²) in [7, 11) is 0. The maximum Gasteiger partial charge on any atom is 0.309 e. The van der Waals surface area contributed by atoms with Crippen molar-refractivity contribution in [2.75, 3.05) is 6.61 Å². The van der Waals surface area contributed by atoms with Crippen molar-refractivity contribution >= 4 is 5.97 Å². The lowest BCUT2D eigenvalue weighted by Gasteiger charge is -2.35. The Labute approximate surface area is 91.5 Å². The van der Waals surface area contributed by atoms with Crippen molar-refractivity contribution in [2.24, 2.45) is 11.3 Å². The molecule has 1 fully saturated rings. The van der Waals surface area contributed by atoms with Gasteiger partial charge >= 0.3 is 5.97 Å². The third-order valence-electron chi connectivity index (χ3n) is 3.99. The van der Waals surface area contributed by atoms with Crippen LogP contribution in [0.3, 0.4) is 0 Å². The molecule has 3 heteroatoms. The Morgan fingerprint density at radius 2 is 2.13 bits per heavy atom. The van der Waals surface area contributed by atoms with Crippen LogP contribution in [0, 0.1) is 11.3 Å². The lowest BCUT2D eigenvalue weighted by molar-refractivity contribution is -0.154. The van der Waals surface area contributed by atoms with Gasteiger partial charge < -0.3 is 10.2 Å². The minimum absolute atomic E-state index is 0.111. The van der Waals surface area contributed by atoms with Crippen LogP contribution in [0.25, 0.3) is 0 Å². The Hall–Kier alpha value is -0.570. The van der Waals surface area contributed by atoms with Crippen molar-refractivity contribution in [3.63, 3.8) is 0 Å². The monoisotopic (exact) mass is 214 g/mol. The number of aliphatic hydroxyl groups excluding tert-OH is 1. The molecular weight excluding hydrogens is 192 g/mol. The molecule has 2 unspecified atom stereocenters. The minimum Gasteiger partial charge on any atom is -0.481 e. The Balaban J connectivity index is 2.88. The van der Waals surface area contributed by atoms with E-state index in [4.69, 9.17) is 5.11 Å². The first-order chi connectivity index (χ1) is 7.17. The van der Waals surface area contributed by atoms with E-state index in [9.17, 15) is 9.90 Å². The van der Waals surface area contributed by atoms with E-state index in [-0.39, 0.29) is 12.5 Å². The van der Waals surface area contributed by atoms with Gasteiger partial charge in [-0.05, 0) is 31.6 Å². The van der Waals surface area contributed by atoms with E-state index in [0.29, 0.717) is 12.8 Å². The normalized spacial score (nSPS) is 32.3. The van der Waals surface area contributed by atoms with Crippen LogP contribution in [0.5, 0.6) is 0 Å². The number of hydrogen-bond acceptors (Lipinski definition) is 2. The van der Waals surface area contributed by atoms with Gasteiger partial charge in [-0.25, -0.2) is 0 Å². The zero-order valence-electron chi connectivity index (χ0n) is 9.54. The lowest BCUT2D eigenvalue weighted by atomic mass is 9.69. The number of aliphatic hydroxyl groups is 1. The maximum atomic E-state index is 11.5. The molecule has 0 spiro atoms. The van der Waals surface area contributed by atoms with E-state index in [1.807, 2.05) is 6.92 Å². The lowest BCUT2D eigenvalue weighted by Crippen LogP contribution is -2.38. The number of hydrogen-bond donors (Lipinski definition) is 2. The predicted molar refractivity (Wildman–Crippen MR) is 58.6 cm³/mol. The van der Waals surface area contributed by atoms with Gasteiger partial charge in [-0.3, -0.25) is 4.79 Å². The van der Waals surface area contributed by atoms with Crippen LogP contribution in [0.1, 0.15) is 51.9 Å². The highest BCUT2D eigenvalue weighted by Gasteiger charge is 2.43. The molecule has 2 atom stereocenters. The molecule has 1 aliphatic carbocycles. The quantitative estimate of drug-likeness (QED) is 0.707. The number of rotatable bonds is 4. The molecule has 0 aromatic heterocycles. The molecule has 15 heavy (non-hydrogen) atoms. The van der Waals surface area contributed by atoms with Gasteiger partial charge in [0.05, 0.1) is 5.41 Å². The molecule has 3 nitrogen and oxygen atoms in total. The second kappa shape index (κ2) is 5.50. The van der Waals surface area contributed by atoms with Crippen LogP contribution in [-0.2, 0) is 4.79 Å². The summed E-state index contributed by atoms with van der Waals surface area (Å²) in [4.78, 5) is 11.5. The molecular formula is C12H22O3. The zero-order chi connectivity index (χ0) is 11.3. The maximum absolute atomic E-state index is 11.5. The summed E-state index contributed by atoms with van der Waals surface area (Å²) in [5, 5.41) is 18.5. The van der Waals surface area contributed by atoms with Crippen LogP contribution in [0.2, 0.25) is 0 Å². The molecule has 2 N–H and O–H groups in total. The van der Waals surface area contributed by atoms with Crippen LogP contribution < -0.4 is 0 Å². The van der Waals surface area contributed by atoms with Gasteiger partial charge in [0.1, 0.15) is 0 Å². The van der Waals surface area contributed by atoms with Crippen molar-refractivity contribution in [2.45, 2.75) is 51.9 Å². The van der Waals surface area contributed by atoms with E-state index in [0.717, 1.165) is 32.1 Å². The third-order valence-corrected chi connectivity index (χ3v) is 3.99. The highest BCUT2D eigenvalue weighted by Crippen LogP contribution is 2.44. The highest BCUT2D eigenvalue weighted by atomic mass is 16.4. The summed E-state index contributed by atoms with van der Waals surface area (Å²) in [6.45, 7) is 2.07. The van der Waals surface area contributed by atoms with E-state index in [1.165, 1.54) is 0 Å². The standard InChI is InChI=1S/C12H22O3/c1-2-12(11(14)15)8-5-3-4-6-10(12)7-9-13/h10,13H,2-9H2,1H3,(H,14,15). The molecule has 1 rings (SSSR count). The average molecular weight is 214 g/mol. The number of aliphatic carboxylic acids is 1. The Morgan fingerprint density at radius 1 is 1.40 bits per heavy atom. The van der Waals surface area contributed by atoms with Crippen molar-refractivity contribution in [1.29, 1.82) is 0 Å². The van der Waals surface area contributed by atoms with Crippen molar-refractivity contribution < 1.29 is 15.0 Å². The van der Waals surface area contributed by atoms with E-state index >= 15 is 0 Å². The fourth-order valence-corrected chi connectivity index (χ4v) is 2.96. The Morgan fingerprint density at radius 3 is 2.67 bits per heavy atom. The van der Waals surface area contributed by atoms with E-state index in [1.54, 1.807) is 0 Å². The highest BCUT2D eigenvalue weighted by molar-refractivity contribution is 5.75. The number of carboxylic acids is 1. The van der Waals surface area contributed by atoms with Crippen molar-refractivity contribution in [3.8, 4) is 0 Å². The van der Waals surface area contributed by atoms with E-state index < -0.39 is 11.4 Å². The van der Waals surface area contributed by atoms with Crippen molar-refractivity contribution in [3.05, 3.63) is 0 Å².